The molecule has 0 N–H and O–H groups in total. The van der Waals surface area contributed by atoms with Gasteiger partial charge in [-0.1, -0.05) is 0 Å². The van der Waals surface area contributed by atoms with E-state index < -0.39 is 5.24 Å². The van der Waals surface area contributed by atoms with Crippen molar-refractivity contribution in [2.45, 2.75) is 0 Å². The molecule has 1 rings (SSSR count). The van der Waals surface area contributed by atoms with E-state index in [0.29, 0.717) is 17.1 Å². The predicted molar refractivity (Wildman–Crippen MR) is 49.7 cm³/mol. The van der Waals surface area contributed by atoms with Crippen molar-refractivity contribution in [1.29, 1.82) is 0 Å². The second-order valence-corrected chi connectivity index (χ2v) is 2.68. The zero-order chi connectivity index (χ0) is 9.84. The van der Waals surface area contributed by atoms with Crippen molar-refractivity contribution in [1.82, 2.24) is 0 Å². The van der Waals surface area contributed by atoms with Crippen LogP contribution in [-0.4, -0.2) is 19.5 Å². The zero-order valence-corrected chi connectivity index (χ0v) is 8.09. The summed E-state index contributed by atoms with van der Waals surface area (Å²) in [5.74, 6) is 1.02. The molecule has 3 nitrogen and oxygen atoms in total. The van der Waals surface area contributed by atoms with E-state index in [1.165, 1.54) is 20.3 Å². The van der Waals surface area contributed by atoms with Crippen LogP contribution in [0.5, 0.6) is 11.5 Å². The van der Waals surface area contributed by atoms with E-state index in [0.717, 1.165) is 0 Å². The van der Waals surface area contributed by atoms with Crippen LogP contribution < -0.4 is 9.47 Å². The van der Waals surface area contributed by atoms with Crippen LogP contribution in [0.3, 0.4) is 0 Å². The molecule has 0 saturated heterocycles. The highest BCUT2D eigenvalue weighted by Crippen LogP contribution is 2.24. The minimum absolute atomic E-state index is 0.309. The minimum atomic E-state index is -0.559. The van der Waals surface area contributed by atoms with Crippen LogP contribution >= 0.6 is 11.6 Å². The second kappa shape index (κ2) is 4.14. The van der Waals surface area contributed by atoms with E-state index in [1.54, 1.807) is 12.1 Å². The largest absolute Gasteiger partial charge is 0.497 e. The van der Waals surface area contributed by atoms with E-state index >= 15 is 0 Å². The van der Waals surface area contributed by atoms with Crippen LogP contribution in [-0.2, 0) is 0 Å². The molecular weight excluding hydrogens is 192 g/mol. The van der Waals surface area contributed by atoms with Crippen molar-refractivity contribution in [3.8, 4) is 11.5 Å². The van der Waals surface area contributed by atoms with Gasteiger partial charge in [0.05, 0.1) is 19.8 Å². The molecule has 0 saturated carbocycles. The lowest BCUT2D eigenvalue weighted by atomic mass is 10.2. The lowest BCUT2D eigenvalue weighted by Crippen LogP contribution is -1.96. The van der Waals surface area contributed by atoms with Crippen molar-refractivity contribution < 1.29 is 14.3 Å². The highest BCUT2D eigenvalue weighted by molar-refractivity contribution is 6.68. The van der Waals surface area contributed by atoms with Crippen molar-refractivity contribution in [2.75, 3.05) is 14.2 Å². The van der Waals surface area contributed by atoms with E-state index in [-0.39, 0.29) is 0 Å². The van der Waals surface area contributed by atoms with Gasteiger partial charge in [0.15, 0.2) is 0 Å². The third kappa shape index (κ3) is 2.12. The Morgan fingerprint density at radius 2 is 2.00 bits per heavy atom. The van der Waals surface area contributed by atoms with Gasteiger partial charge in [0.2, 0.25) is 0 Å². The number of carbonyl (C=O) groups is 1. The maximum absolute atomic E-state index is 10.9. The van der Waals surface area contributed by atoms with Crippen LogP contribution in [0.4, 0.5) is 0 Å². The van der Waals surface area contributed by atoms with Crippen LogP contribution in [0, 0.1) is 0 Å². The third-order valence-corrected chi connectivity index (χ3v) is 1.82. The predicted octanol–water partition coefficient (Wildman–Crippen LogP) is 2.08. The summed E-state index contributed by atoms with van der Waals surface area (Å²) in [6, 6.07) is 4.87. The Bertz CT molecular complexity index is 323. The quantitative estimate of drug-likeness (QED) is 0.701. The summed E-state index contributed by atoms with van der Waals surface area (Å²) in [7, 11) is 3.00. The molecule has 1 aromatic rings. The van der Waals surface area contributed by atoms with Gasteiger partial charge in [-0.2, -0.15) is 0 Å². The zero-order valence-electron chi connectivity index (χ0n) is 7.33. The molecule has 70 valence electrons. The van der Waals surface area contributed by atoms with Gasteiger partial charge < -0.3 is 9.47 Å². The SMILES string of the molecule is COc1ccc(OC)c(C(=O)Cl)c1. The van der Waals surface area contributed by atoms with Gasteiger partial charge in [0.25, 0.3) is 5.24 Å². The molecule has 13 heavy (non-hydrogen) atoms. The van der Waals surface area contributed by atoms with Gasteiger partial charge in [-0.3, -0.25) is 4.79 Å². The number of ether oxygens (including phenoxy) is 2. The summed E-state index contributed by atoms with van der Waals surface area (Å²) < 4.78 is 9.88. The van der Waals surface area contributed by atoms with Crippen molar-refractivity contribution in [2.24, 2.45) is 0 Å². The number of carbonyl (C=O) groups excluding carboxylic acids is 1. The molecule has 0 spiro atoms. The number of methoxy groups -OCH3 is 2. The standard InChI is InChI=1S/C9H9ClO3/c1-12-6-3-4-8(13-2)7(5-6)9(10)11/h3-5H,1-2H3. The van der Waals surface area contributed by atoms with Crippen molar-refractivity contribution >= 4 is 16.8 Å². The van der Waals surface area contributed by atoms with Crippen LogP contribution in [0.15, 0.2) is 18.2 Å². The minimum Gasteiger partial charge on any atom is -0.497 e. The number of hydrogen-bond donors (Lipinski definition) is 0. The molecule has 1 aromatic carbocycles. The Balaban J connectivity index is 3.18. The molecule has 0 aliphatic heterocycles. The Labute approximate surface area is 81.2 Å². The van der Waals surface area contributed by atoms with Crippen LogP contribution in [0.2, 0.25) is 0 Å². The normalized spacial score (nSPS) is 9.46. The third-order valence-electron chi connectivity index (χ3n) is 1.62. The molecule has 0 aromatic heterocycles. The smallest absolute Gasteiger partial charge is 0.256 e. The molecule has 0 aliphatic carbocycles. The average Bonchev–Trinajstić information content (AvgIpc) is 2.16. The highest BCUT2D eigenvalue weighted by Gasteiger charge is 2.10. The summed E-state index contributed by atoms with van der Waals surface area (Å²) in [4.78, 5) is 10.9. The first-order valence-corrected chi connectivity index (χ1v) is 3.98. The lowest BCUT2D eigenvalue weighted by Gasteiger charge is -2.06. The average molecular weight is 201 g/mol. The topological polar surface area (TPSA) is 35.5 Å². The number of hydrogen-bond acceptors (Lipinski definition) is 3. The van der Waals surface area contributed by atoms with Gasteiger partial charge in [0.1, 0.15) is 11.5 Å². The first-order chi connectivity index (χ1) is 6.19. The fourth-order valence-corrected chi connectivity index (χ4v) is 1.12. The molecule has 0 amide bonds. The second-order valence-electron chi connectivity index (χ2n) is 2.34. The Hall–Kier alpha value is -1.22. The highest BCUT2D eigenvalue weighted by atomic mass is 35.5. The summed E-state index contributed by atoms with van der Waals surface area (Å²) >= 11 is 5.34. The van der Waals surface area contributed by atoms with Crippen LogP contribution in [0.25, 0.3) is 0 Å². The van der Waals surface area contributed by atoms with Gasteiger partial charge in [0, 0.05) is 0 Å². The molecule has 4 heteroatoms. The number of halogens is 1. The fraction of sp³-hybridized carbons (Fsp3) is 0.222. The first-order valence-electron chi connectivity index (χ1n) is 3.61. The Morgan fingerprint density at radius 3 is 2.46 bits per heavy atom. The summed E-state index contributed by atoms with van der Waals surface area (Å²) in [5.41, 5.74) is 0.309. The monoisotopic (exact) mass is 200 g/mol. The maximum atomic E-state index is 10.9. The fourth-order valence-electron chi connectivity index (χ4n) is 0.968. The summed E-state index contributed by atoms with van der Waals surface area (Å²) in [6.45, 7) is 0. The van der Waals surface area contributed by atoms with E-state index in [2.05, 4.69) is 0 Å². The molecular formula is C9H9ClO3. The molecule has 0 unspecified atom stereocenters. The van der Waals surface area contributed by atoms with Crippen LogP contribution in [0.1, 0.15) is 10.4 Å². The molecule has 0 fully saturated rings. The number of benzene rings is 1. The number of rotatable bonds is 3. The lowest BCUT2D eigenvalue weighted by molar-refractivity contribution is 0.107. The van der Waals surface area contributed by atoms with Crippen molar-refractivity contribution in [3.05, 3.63) is 23.8 Å². The first kappa shape index (κ1) is 9.86. The van der Waals surface area contributed by atoms with Crippen molar-refractivity contribution in [3.63, 3.8) is 0 Å². The van der Waals surface area contributed by atoms with E-state index in [9.17, 15) is 4.79 Å². The van der Waals surface area contributed by atoms with E-state index in [1.807, 2.05) is 0 Å². The van der Waals surface area contributed by atoms with Gasteiger partial charge >= 0.3 is 0 Å². The Morgan fingerprint density at radius 1 is 1.31 bits per heavy atom. The molecule has 0 radical (unpaired) electrons. The summed E-state index contributed by atoms with van der Waals surface area (Å²) in [5, 5.41) is -0.559. The molecule has 0 atom stereocenters. The van der Waals surface area contributed by atoms with Gasteiger partial charge in [-0.25, -0.2) is 0 Å². The maximum Gasteiger partial charge on any atom is 0.256 e. The molecule has 0 bridgehead atoms. The molecule has 0 aliphatic rings. The Kier molecular flexibility index (Phi) is 3.14. The van der Waals surface area contributed by atoms with Gasteiger partial charge in [-0.15, -0.1) is 0 Å². The van der Waals surface area contributed by atoms with E-state index in [4.69, 9.17) is 21.1 Å². The molecule has 0 heterocycles. The van der Waals surface area contributed by atoms with Gasteiger partial charge in [-0.05, 0) is 29.8 Å². The summed E-state index contributed by atoms with van der Waals surface area (Å²) in [6.07, 6.45) is 0.